The van der Waals surface area contributed by atoms with Crippen molar-refractivity contribution < 1.29 is 0 Å². The van der Waals surface area contributed by atoms with Crippen molar-refractivity contribution in [2.75, 3.05) is 19.6 Å². The molecule has 0 N–H and O–H groups in total. The molecule has 0 atom stereocenters. The van der Waals surface area contributed by atoms with E-state index in [4.69, 9.17) is 11.6 Å². The van der Waals surface area contributed by atoms with Crippen molar-refractivity contribution in [3.8, 4) is 10.4 Å². The topological polar surface area (TPSA) is 3.24 Å². The molecule has 1 heterocycles. The van der Waals surface area contributed by atoms with Crippen LogP contribution < -0.4 is 0 Å². The molecule has 3 rings (SSSR count). The zero-order valence-corrected chi connectivity index (χ0v) is 19.3. The molecule has 0 aliphatic rings. The third-order valence-electron chi connectivity index (χ3n) is 5.12. The van der Waals surface area contributed by atoms with Crippen LogP contribution in [-0.2, 0) is 6.42 Å². The summed E-state index contributed by atoms with van der Waals surface area (Å²) in [5.74, 6) is 0. The van der Waals surface area contributed by atoms with Crippen molar-refractivity contribution in [2.45, 2.75) is 46.0 Å². The van der Waals surface area contributed by atoms with E-state index < -0.39 is 0 Å². The number of rotatable bonds is 10. The first-order valence-corrected chi connectivity index (χ1v) is 11.4. The number of halogens is 2. The number of nitrogens with zero attached hydrogens (tertiary/aromatic N) is 1. The molecule has 2 aromatic carbocycles. The van der Waals surface area contributed by atoms with Crippen molar-refractivity contribution in [3.05, 3.63) is 59.1 Å². The molecule has 0 spiro atoms. The number of thiophene rings is 1. The lowest BCUT2D eigenvalue weighted by Gasteiger charge is -2.22. The maximum absolute atomic E-state index is 6.34. The van der Waals surface area contributed by atoms with Crippen molar-refractivity contribution >= 4 is 45.4 Å². The SMILES string of the molecule is CCCCN(CCCC)CCc1c(-c2ccccc2)sc2ccc(Cl)cc12.Cl. The Balaban J connectivity index is 0.00000280. The minimum Gasteiger partial charge on any atom is -0.303 e. The normalized spacial score (nSPS) is 11.1. The number of hydrogen-bond acceptors (Lipinski definition) is 2. The molecule has 1 nitrogen and oxygen atoms in total. The van der Waals surface area contributed by atoms with Gasteiger partial charge in [-0.1, -0.05) is 68.6 Å². The van der Waals surface area contributed by atoms with Crippen LogP contribution in [0.2, 0.25) is 5.02 Å². The Hall–Kier alpha value is -1.06. The molecule has 0 amide bonds. The first-order chi connectivity index (χ1) is 13.2. The average Bonchev–Trinajstić information content (AvgIpc) is 3.06. The highest BCUT2D eigenvalue weighted by molar-refractivity contribution is 7.22. The molecule has 152 valence electrons. The van der Waals surface area contributed by atoms with E-state index in [2.05, 4.69) is 61.2 Å². The number of benzene rings is 2. The van der Waals surface area contributed by atoms with Gasteiger partial charge in [-0.05, 0) is 67.1 Å². The number of fused-ring (bicyclic) bond motifs is 1. The van der Waals surface area contributed by atoms with E-state index in [1.54, 1.807) is 0 Å². The van der Waals surface area contributed by atoms with Crippen LogP contribution in [-0.4, -0.2) is 24.5 Å². The second-order valence-corrected chi connectivity index (χ2v) is 8.70. The van der Waals surface area contributed by atoms with Gasteiger partial charge in [0.1, 0.15) is 0 Å². The summed E-state index contributed by atoms with van der Waals surface area (Å²) in [6.45, 7) is 8.10. The van der Waals surface area contributed by atoms with Gasteiger partial charge in [-0.3, -0.25) is 0 Å². The van der Waals surface area contributed by atoms with E-state index in [-0.39, 0.29) is 12.4 Å². The predicted octanol–water partition coefficient (Wildman–Crippen LogP) is 8.09. The Kier molecular flexibility index (Phi) is 9.81. The molecule has 1 aromatic heterocycles. The number of unbranched alkanes of at least 4 members (excludes halogenated alkanes) is 2. The van der Waals surface area contributed by atoms with Crippen LogP contribution in [0.4, 0.5) is 0 Å². The molecule has 4 heteroatoms. The van der Waals surface area contributed by atoms with E-state index in [9.17, 15) is 0 Å². The predicted molar refractivity (Wildman–Crippen MR) is 129 cm³/mol. The van der Waals surface area contributed by atoms with E-state index >= 15 is 0 Å². The number of hydrogen-bond donors (Lipinski definition) is 0. The monoisotopic (exact) mass is 435 g/mol. The molecule has 0 aliphatic heterocycles. The summed E-state index contributed by atoms with van der Waals surface area (Å²) in [6.07, 6.45) is 6.17. The fourth-order valence-electron chi connectivity index (χ4n) is 3.56. The summed E-state index contributed by atoms with van der Waals surface area (Å²) in [4.78, 5) is 4.05. The highest BCUT2D eigenvalue weighted by Gasteiger charge is 2.15. The van der Waals surface area contributed by atoms with Gasteiger partial charge in [-0.15, -0.1) is 23.7 Å². The largest absolute Gasteiger partial charge is 0.303 e. The summed E-state index contributed by atoms with van der Waals surface area (Å²) >= 11 is 8.24. The molecule has 28 heavy (non-hydrogen) atoms. The van der Waals surface area contributed by atoms with Crippen molar-refractivity contribution in [1.82, 2.24) is 4.90 Å². The van der Waals surface area contributed by atoms with Gasteiger partial charge in [-0.2, -0.15) is 0 Å². The second-order valence-electron chi connectivity index (χ2n) is 7.21. The molecule has 0 aliphatic carbocycles. The minimum atomic E-state index is 0. The van der Waals surface area contributed by atoms with Crippen LogP contribution in [0.3, 0.4) is 0 Å². The van der Waals surface area contributed by atoms with Gasteiger partial charge in [0.15, 0.2) is 0 Å². The van der Waals surface area contributed by atoms with Gasteiger partial charge in [0.2, 0.25) is 0 Å². The first kappa shape index (κ1) is 23.2. The lowest BCUT2D eigenvalue weighted by molar-refractivity contribution is 0.269. The Morgan fingerprint density at radius 3 is 2.21 bits per heavy atom. The fraction of sp³-hybridized carbons (Fsp3) is 0.417. The third-order valence-corrected chi connectivity index (χ3v) is 6.62. The van der Waals surface area contributed by atoms with Gasteiger partial charge in [-0.25, -0.2) is 0 Å². The molecule has 0 saturated heterocycles. The van der Waals surface area contributed by atoms with Gasteiger partial charge in [0.05, 0.1) is 0 Å². The molecule has 3 aromatic rings. The van der Waals surface area contributed by atoms with Crippen LogP contribution in [0, 0.1) is 0 Å². The van der Waals surface area contributed by atoms with E-state index in [1.165, 1.54) is 64.9 Å². The van der Waals surface area contributed by atoms with Crippen LogP contribution in [0.15, 0.2) is 48.5 Å². The van der Waals surface area contributed by atoms with Crippen LogP contribution in [0.1, 0.15) is 45.1 Å². The summed E-state index contributed by atoms with van der Waals surface area (Å²) in [7, 11) is 0. The molecule has 0 saturated carbocycles. The third kappa shape index (κ3) is 5.97. The Labute approximate surface area is 185 Å². The van der Waals surface area contributed by atoms with Gasteiger partial charge in [0.25, 0.3) is 0 Å². The summed E-state index contributed by atoms with van der Waals surface area (Å²) in [5.41, 5.74) is 2.78. The maximum atomic E-state index is 6.34. The Morgan fingerprint density at radius 2 is 1.57 bits per heavy atom. The van der Waals surface area contributed by atoms with Crippen LogP contribution in [0.5, 0.6) is 0 Å². The smallest absolute Gasteiger partial charge is 0.0413 e. The van der Waals surface area contributed by atoms with Crippen LogP contribution in [0.25, 0.3) is 20.5 Å². The summed E-state index contributed by atoms with van der Waals surface area (Å²) in [5, 5.41) is 2.16. The summed E-state index contributed by atoms with van der Waals surface area (Å²) < 4.78 is 1.34. The first-order valence-electron chi connectivity index (χ1n) is 10.2. The quantitative estimate of drug-likeness (QED) is 0.310. The second kappa shape index (κ2) is 11.8. The zero-order chi connectivity index (χ0) is 19.1. The molecule has 0 radical (unpaired) electrons. The average molecular weight is 436 g/mol. The highest BCUT2D eigenvalue weighted by atomic mass is 35.5. The van der Waals surface area contributed by atoms with Gasteiger partial charge < -0.3 is 4.90 Å². The van der Waals surface area contributed by atoms with Gasteiger partial charge in [0, 0.05) is 21.1 Å². The van der Waals surface area contributed by atoms with E-state index in [0.29, 0.717) is 0 Å². The Morgan fingerprint density at radius 1 is 0.893 bits per heavy atom. The molecular formula is C24H31Cl2NS. The molecule has 0 fully saturated rings. The standard InChI is InChI=1S/C24H30ClNS.ClH/c1-3-5-15-26(16-6-4-2)17-14-21-22-18-20(25)12-13-23(22)27-24(21)19-10-8-7-9-11-19;/h7-13,18H,3-6,14-17H2,1-2H3;1H. The van der Waals surface area contributed by atoms with Crippen molar-refractivity contribution in [3.63, 3.8) is 0 Å². The zero-order valence-electron chi connectivity index (χ0n) is 16.9. The van der Waals surface area contributed by atoms with Gasteiger partial charge >= 0.3 is 0 Å². The molecule has 0 bridgehead atoms. The Bertz CT molecular complexity index is 836. The lowest BCUT2D eigenvalue weighted by atomic mass is 10.0. The maximum Gasteiger partial charge on any atom is 0.0413 e. The molecular weight excluding hydrogens is 405 g/mol. The molecule has 0 unspecified atom stereocenters. The lowest BCUT2D eigenvalue weighted by Crippen LogP contribution is -2.28. The fourth-order valence-corrected chi connectivity index (χ4v) is 4.97. The van der Waals surface area contributed by atoms with Crippen LogP contribution >= 0.6 is 35.3 Å². The highest BCUT2D eigenvalue weighted by Crippen LogP contribution is 2.40. The summed E-state index contributed by atoms with van der Waals surface area (Å²) in [6, 6.07) is 17.1. The van der Waals surface area contributed by atoms with E-state index in [0.717, 1.165) is 18.0 Å². The van der Waals surface area contributed by atoms with Crippen molar-refractivity contribution in [1.29, 1.82) is 0 Å². The minimum absolute atomic E-state index is 0. The van der Waals surface area contributed by atoms with E-state index in [1.807, 2.05) is 17.4 Å². The van der Waals surface area contributed by atoms with Crippen molar-refractivity contribution in [2.24, 2.45) is 0 Å².